The van der Waals surface area contributed by atoms with Gasteiger partial charge in [-0.15, -0.1) is 22.7 Å². The Balaban J connectivity index is 0.000000389. The maximum Gasteiger partial charge on any atom is 1.00 e. The summed E-state index contributed by atoms with van der Waals surface area (Å²) in [5.41, 5.74) is 12.0. The van der Waals surface area contributed by atoms with Crippen LogP contribution in [0.15, 0.2) is 132 Å². The molecule has 3 N–H and O–H groups in total. The van der Waals surface area contributed by atoms with Crippen LogP contribution in [0, 0.1) is 0 Å². The first-order valence-electron chi connectivity index (χ1n) is 17.2. The minimum absolute atomic E-state index is 0. The average molecular weight is 816 g/mol. The minimum Gasteiger partial charge on any atom is -0.793 e. The van der Waals surface area contributed by atoms with Gasteiger partial charge < -0.3 is 23.8 Å². The first-order valence-corrected chi connectivity index (χ1v) is 19.0. The van der Waals surface area contributed by atoms with Crippen molar-refractivity contribution in [2.75, 3.05) is 0 Å². The number of nitrogens with zero attached hydrogens (tertiary/aromatic N) is 2. The Morgan fingerprint density at radius 1 is 0.684 bits per heavy atom. The molecule has 2 heterocycles. The zero-order chi connectivity index (χ0) is 41.1. The first kappa shape index (κ1) is 50.2. The summed E-state index contributed by atoms with van der Waals surface area (Å²) in [7, 11) is 4.32. The number of rotatable bonds is 8. The standard InChI is InChI=1S/C18H18N2S.C10H7NOS.C8H11N.C4H6O4.C2H3BO2.Na/c1-14(15-8-4-2-5-9-15)19-12-17-13-21-18(20-17)16-10-6-3-7-11-16;12-6-9-7-13-10(11-9)8-4-2-1-3-5-8;1-7(9)8-5-3-2-4-6-8;1-3(5)7-8-4(2)6;1-2(4)5-3;/h2-11,13-14,19H,12H2,1H3;1-7H;2-7H,9H2,1H3;1-2H3;1H3;/q;;;;-1;+1/t;;7-;;;/m..1.../s1. The molecule has 0 amide bonds. The van der Waals surface area contributed by atoms with E-state index in [9.17, 15) is 19.2 Å². The van der Waals surface area contributed by atoms with Gasteiger partial charge in [-0.3, -0.25) is 9.59 Å². The molecule has 57 heavy (non-hydrogen) atoms. The number of aldehydes is 1. The quantitative estimate of drug-likeness (QED) is 0.0846. The zero-order valence-corrected chi connectivity index (χ0v) is 36.5. The molecule has 2 aromatic heterocycles. The van der Waals surface area contributed by atoms with Crippen molar-refractivity contribution in [2.24, 2.45) is 5.73 Å². The number of carbonyl (C=O) groups excluding carboxylic acids is 4. The third-order valence-corrected chi connectivity index (χ3v) is 8.74. The van der Waals surface area contributed by atoms with Gasteiger partial charge in [0.2, 0.25) is 5.97 Å². The SMILES string of the molecule is CC(=O)OOC(C)=O.CC(NCc1csc(-c2ccccc2)n1)c1ccccc1.C[C@@H](N)c1ccccc1.O=Cc1csc(-c2ccccc2)n1.[B-]OC(C)=O.[Na+]. The molecular weight excluding hydrogens is 770 g/mol. The molecule has 1 unspecified atom stereocenters. The number of nitrogens with two attached hydrogens (primary N) is 1. The van der Waals surface area contributed by atoms with E-state index in [1.807, 2.05) is 91.9 Å². The summed E-state index contributed by atoms with van der Waals surface area (Å²) in [5, 5.41) is 9.39. The number of carbonyl (C=O) groups is 4. The van der Waals surface area contributed by atoms with Crippen LogP contribution in [-0.4, -0.2) is 42.2 Å². The summed E-state index contributed by atoms with van der Waals surface area (Å²) in [5.74, 6) is -1.74. The van der Waals surface area contributed by atoms with Gasteiger partial charge in [-0.1, -0.05) is 121 Å². The topological polar surface area (TPSA) is 160 Å². The molecule has 0 aliphatic carbocycles. The molecule has 0 saturated heterocycles. The summed E-state index contributed by atoms with van der Waals surface area (Å²) in [6.45, 7) is 8.47. The summed E-state index contributed by atoms with van der Waals surface area (Å²) in [4.78, 5) is 56.0. The Hall–Kier alpha value is -4.80. The van der Waals surface area contributed by atoms with Gasteiger partial charge >= 0.3 is 41.5 Å². The van der Waals surface area contributed by atoms with E-state index in [2.05, 4.69) is 81.5 Å². The number of nitrogens with one attached hydrogen (secondary N) is 1. The van der Waals surface area contributed by atoms with Gasteiger partial charge in [0.1, 0.15) is 15.7 Å². The molecule has 4 aromatic carbocycles. The molecule has 6 aromatic rings. The third-order valence-electron chi connectivity index (χ3n) is 6.89. The Kier molecular flexibility index (Phi) is 25.9. The van der Waals surface area contributed by atoms with E-state index in [0.717, 1.165) is 48.0 Å². The fraction of sp³-hybridized carbons (Fsp3) is 0.190. The van der Waals surface area contributed by atoms with E-state index in [0.29, 0.717) is 11.7 Å². The van der Waals surface area contributed by atoms with Crippen LogP contribution in [0.2, 0.25) is 0 Å². The van der Waals surface area contributed by atoms with Crippen molar-refractivity contribution < 1.29 is 63.2 Å². The average Bonchev–Trinajstić information content (AvgIpc) is 3.92. The molecule has 0 aliphatic rings. The van der Waals surface area contributed by atoms with Crippen LogP contribution < -0.4 is 40.6 Å². The molecule has 6 rings (SSSR count). The number of thiazole rings is 2. The van der Waals surface area contributed by atoms with Crippen LogP contribution in [0.1, 0.15) is 74.0 Å². The monoisotopic (exact) mass is 815 g/mol. The summed E-state index contributed by atoms with van der Waals surface area (Å²) in [6.07, 6.45) is 0.767. The molecule has 0 aliphatic heterocycles. The van der Waals surface area contributed by atoms with Crippen LogP contribution in [0.5, 0.6) is 0 Å². The Morgan fingerprint density at radius 3 is 1.46 bits per heavy atom. The molecule has 0 bridgehead atoms. The molecule has 0 fully saturated rings. The van der Waals surface area contributed by atoms with Crippen molar-refractivity contribution in [3.63, 3.8) is 0 Å². The van der Waals surface area contributed by atoms with E-state index >= 15 is 0 Å². The molecule has 291 valence electrons. The first-order chi connectivity index (χ1) is 26.9. The smallest absolute Gasteiger partial charge is 0.793 e. The number of aromatic nitrogens is 2. The third kappa shape index (κ3) is 21.9. The van der Waals surface area contributed by atoms with Gasteiger partial charge in [0.05, 0.1) is 5.69 Å². The predicted molar refractivity (Wildman–Crippen MR) is 222 cm³/mol. The molecule has 0 saturated carbocycles. The molecule has 15 heteroatoms. The van der Waals surface area contributed by atoms with E-state index in [1.165, 1.54) is 35.0 Å². The Labute approximate surface area is 365 Å². The summed E-state index contributed by atoms with van der Waals surface area (Å²) < 4.78 is 3.61. The molecule has 11 nitrogen and oxygen atoms in total. The molecule has 3 radical (unpaired) electrons. The normalized spacial score (nSPS) is 10.5. The van der Waals surface area contributed by atoms with E-state index < -0.39 is 17.9 Å². The minimum atomic E-state index is -0.639. The van der Waals surface area contributed by atoms with Gasteiger partial charge in [0.25, 0.3) is 0 Å². The van der Waals surface area contributed by atoms with Crippen molar-refractivity contribution >= 4 is 54.9 Å². The van der Waals surface area contributed by atoms with Crippen molar-refractivity contribution in [1.29, 1.82) is 0 Å². The predicted octanol–water partition coefficient (Wildman–Crippen LogP) is 5.65. The summed E-state index contributed by atoms with van der Waals surface area (Å²) in [6, 6.07) is 41.2. The van der Waals surface area contributed by atoms with Crippen molar-refractivity contribution in [3.05, 3.63) is 155 Å². The van der Waals surface area contributed by atoms with Crippen molar-refractivity contribution in [1.82, 2.24) is 15.3 Å². The van der Waals surface area contributed by atoms with E-state index in [-0.39, 0.29) is 35.6 Å². The number of benzene rings is 4. The fourth-order valence-electron chi connectivity index (χ4n) is 4.15. The Bertz CT molecular complexity index is 1990. The Morgan fingerprint density at radius 2 is 1.09 bits per heavy atom. The largest absolute Gasteiger partial charge is 1.00 e. The van der Waals surface area contributed by atoms with Gasteiger partial charge in [-0.2, -0.15) is 0 Å². The number of hydrogen-bond donors (Lipinski definition) is 2. The van der Waals surface area contributed by atoms with Gasteiger partial charge in [-0.25, -0.2) is 29.3 Å². The maximum atomic E-state index is 10.4. The van der Waals surface area contributed by atoms with Crippen molar-refractivity contribution in [3.8, 4) is 21.1 Å². The van der Waals surface area contributed by atoms with Crippen LogP contribution >= 0.6 is 22.7 Å². The van der Waals surface area contributed by atoms with Crippen molar-refractivity contribution in [2.45, 2.75) is 53.2 Å². The second-order valence-corrected chi connectivity index (χ2v) is 13.3. The van der Waals surface area contributed by atoms with Gasteiger partial charge in [-0.05, 0) is 25.0 Å². The van der Waals surface area contributed by atoms with Gasteiger partial charge in [0.15, 0.2) is 6.29 Å². The fourth-order valence-corrected chi connectivity index (χ4v) is 5.74. The molecule has 0 spiro atoms. The summed E-state index contributed by atoms with van der Waals surface area (Å²) >= 11 is 3.18. The van der Waals surface area contributed by atoms with Crippen LogP contribution in [0.4, 0.5) is 0 Å². The van der Waals surface area contributed by atoms with Crippen LogP contribution in [-0.2, 0) is 35.4 Å². The van der Waals surface area contributed by atoms with Crippen LogP contribution in [0.25, 0.3) is 21.1 Å². The number of hydrogen-bond acceptors (Lipinski definition) is 13. The second-order valence-electron chi connectivity index (χ2n) is 11.5. The molecular formula is C42H45BN4NaO7S2. The van der Waals surface area contributed by atoms with Crippen LogP contribution in [0.3, 0.4) is 0 Å². The van der Waals surface area contributed by atoms with Gasteiger partial charge in [0, 0.05) is 61.3 Å². The van der Waals surface area contributed by atoms with E-state index in [4.69, 9.17) is 10.7 Å². The maximum absolute atomic E-state index is 10.4. The second kappa shape index (κ2) is 29.4. The zero-order valence-electron chi connectivity index (χ0n) is 32.9. The molecule has 2 atom stereocenters. The van der Waals surface area contributed by atoms with E-state index in [1.54, 1.807) is 16.7 Å².